The van der Waals surface area contributed by atoms with Crippen LogP contribution >= 0.6 is 0 Å². The first kappa shape index (κ1) is 16.7. The molecule has 2 aliphatic rings. The van der Waals surface area contributed by atoms with E-state index in [2.05, 4.69) is 9.80 Å². The Morgan fingerprint density at radius 1 is 1.04 bits per heavy atom. The molecule has 1 amide bonds. The number of hydrogen-bond donors (Lipinski definition) is 0. The minimum atomic E-state index is -0.382. The summed E-state index contributed by atoms with van der Waals surface area (Å²) >= 11 is 0. The normalized spacial score (nSPS) is 20.2. The van der Waals surface area contributed by atoms with Gasteiger partial charge in [0.05, 0.1) is 11.0 Å². The molecule has 1 atom stereocenters. The van der Waals surface area contributed by atoms with E-state index in [1.54, 1.807) is 24.3 Å². The van der Waals surface area contributed by atoms with Crippen molar-refractivity contribution in [3.63, 3.8) is 0 Å². The van der Waals surface area contributed by atoms with E-state index in [0.717, 1.165) is 57.8 Å². The van der Waals surface area contributed by atoms with E-state index in [1.807, 2.05) is 11.8 Å². The van der Waals surface area contributed by atoms with Gasteiger partial charge in [-0.15, -0.1) is 0 Å². The molecular formula is C17H24N4O3. The standard InChI is InChI=1S/C17H24N4O3/c1-14(17(22)20-8-2-3-9-20)18-10-12-19(13-11-18)15-4-6-16(7-5-15)21(23)24/h4-7,14H,2-3,8-13H2,1H3/t14-/m0/s1. The van der Waals surface area contributed by atoms with E-state index in [0.29, 0.717) is 0 Å². The van der Waals surface area contributed by atoms with Crippen molar-refractivity contribution >= 4 is 17.3 Å². The minimum absolute atomic E-state index is 0.0675. The summed E-state index contributed by atoms with van der Waals surface area (Å²) in [6.45, 7) is 7.11. The van der Waals surface area contributed by atoms with E-state index in [4.69, 9.17) is 0 Å². The molecule has 2 saturated heterocycles. The topological polar surface area (TPSA) is 69.9 Å². The highest BCUT2D eigenvalue weighted by Gasteiger charge is 2.29. The quantitative estimate of drug-likeness (QED) is 0.620. The van der Waals surface area contributed by atoms with Crippen molar-refractivity contribution in [3.05, 3.63) is 34.4 Å². The Kier molecular flexibility index (Phi) is 4.99. The van der Waals surface area contributed by atoms with E-state index < -0.39 is 0 Å². The van der Waals surface area contributed by atoms with E-state index in [1.165, 1.54) is 0 Å². The summed E-state index contributed by atoms with van der Waals surface area (Å²) in [7, 11) is 0. The van der Waals surface area contributed by atoms with Crippen LogP contribution in [0.5, 0.6) is 0 Å². The average Bonchev–Trinajstić information content (AvgIpc) is 3.15. The fourth-order valence-corrected chi connectivity index (χ4v) is 3.51. The summed E-state index contributed by atoms with van der Waals surface area (Å²) < 4.78 is 0. The van der Waals surface area contributed by atoms with Gasteiger partial charge in [0.1, 0.15) is 0 Å². The predicted octanol–water partition coefficient (Wildman–Crippen LogP) is 1.73. The summed E-state index contributed by atoms with van der Waals surface area (Å²) in [5, 5.41) is 10.7. The van der Waals surface area contributed by atoms with Crippen molar-refractivity contribution in [2.24, 2.45) is 0 Å². The third-order valence-electron chi connectivity index (χ3n) is 5.06. The molecule has 24 heavy (non-hydrogen) atoms. The van der Waals surface area contributed by atoms with Crippen LogP contribution in [-0.4, -0.2) is 65.9 Å². The smallest absolute Gasteiger partial charge is 0.269 e. The Morgan fingerprint density at radius 3 is 2.17 bits per heavy atom. The monoisotopic (exact) mass is 332 g/mol. The second-order valence-electron chi connectivity index (χ2n) is 6.50. The average molecular weight is 332 g/mol. The first-order valence-corrected chi connectivity index (χ1v) is 8.58. The lowest BCUT2D eigenvalue weighted by Crippen LogP contribution is -2.54. The molecule has 2 heterocycles. The molecule has 7 heteroatoms. The van der Waals surface area contributed by atoms with E-state index in [-0.39, 0.29) is 22.6 Å². The maximum Gasteiger partial charge on any atom is 0.269 e. The SMILES string of the molecule is C[C@@H](C(=O)N1CCCC1)N1CCN(c2ccc([N+](=O)[O-])cc2)CC1. The van der Waals surface area contributed by atoms with Gasteiger partial charge in [-0.3, -0.25) is 19.8 Å². The Morgan fingerprint density at radius 2 is 1.62 bits per heavy atom. The van der Waals surface area contributed by atoms with Crippen molar-refractivity contribution in [2.75, 3.05) is 44.2 Å². The third-order valence-corrected chi connectivity index (χ3v) is 5.06. The molecule has 3 rings (SSSR count). The second kappa shape index (κ2) is 7.17. The molecule has 7 nitrogen and oxygen atoms in total. The van der Waals surface area contributed by atoms with Crippen LogP contribution in [0, 0.1) is 10.1 Å². The Hall–Kier alpha value is -2.15. The van der Waals surface area contributed by atoms with Crippen molar-refractivity contribution in [1.82, 2.24) is 9.80 Å². The molecule has 2 fully saturated rings. The molecule has 0 spiro atoms. The molecule has 2 aliphatic heterocycles. The lowest BCUT2D eigenvalue weighted by Gasteiger charge is -2.39. The largest absolute Gasteiger partial charge is 0.369 e. The highest BCUT2D eigenvalue weighted by atomic mass is 16.6. The van der Waals surface area contributed by atoms with Gasteiger partial charge < -0.3 is 9.80 Å². The summed E-state index contributed by atoms with van der Waals surface area (Å²) in [6, 6.07) is 6.61. The number of non-ortho nitro benzene ring substituents is 1. The van der Waals surface area contributed by atoms with E-state index >= 15 is 0 Å². The van der Waals surface area contributed by atoms with Gasteiger partial charge in [0, 0.05) is 57.1 Å². The fourth-order valence-electron chi connectivity index (χ4n) is 3.51. The number of hydrogen-bond acceptors (Lipinski definition) is 5. The molecular weight excluding hydrogens is 308 g/mol. The van der Waals surface area contributed by atoms with Crippen LogP contribution in [0.3, 0.4) is 0 Å². The van der Waals surface area contributed by atoms with Gasteiger partial charge in [-0.1, -0.05) is 0 Å². The summed E-state index contributed by atoms with van der Waals surface area (Å²) in [5.74, 6) is 0.247. The first-order chi connectivity index (χ1) is 11.6. The lowest BCUT2D eigenvalue weighted by atomic mass is 10.2. The van der Waals surface area contributed by atoms with Gasteiger partial charge in [-0.25, -0.2) is 0 Å². The van der Waals surface area contributed by atoms with Crippen LogP contribution in [0.4, 0.5) is 11.4 Å². The highest BCUT2D eigenvalue weighted by Crippen LogP contribution is 2.21. The number of carbonyl (C=O) groups is 1. The maximum atomic E-state index is 12.5. The molecule has 1 aromatic rings. The lowest BCUT2D eigenvalue weighted by molar-refractivity contribution is -0.384. The number of nitro benzene ring substituents is 1. The van der Waals surface area contributed by atoms with Crippen molar-refractivity contribution in [1.29, 1.82) is 0 Å². The number of nitrogens with zero attached hydrogens (tertiary/aromatic N) is 4. The summed E-state index contributed by atoms with van der Waals surface area (Å²) in [6.07, 6.45) is 2.23. The Bertz CT molecular complexity index is 590. The van der Waals surface area contributed by atoms with Crippen molar-refractivity contribution in [2.45, 2.75) is 25.8 Å². The number of carbonyl (C=O) groups excluding carboxylic acids is 1. The summed E-state index contributed by atoms with van der Waals surface area (Å²) in [4.78, 5) is 29.3. The predicted molar refractivity (Wildman–Crippen MR) is 92.2 cm³/mol. The molecule has 0 aliphatic carbocycles. The number of anilines is 1. The van der Waals surface area contributed by atoms with Gasteiger partial charge in [-0.05, 0) is 31.9 Å². The second-order valence-corrected chi connectivity index (χ2v) is 6.50. The van der Waals surface area contributed by atoms with Crippen molar-refractivity contribution in [3.8, 4) is 0 Å². The van der Waals surface area contributed by atoms with Crippen LogP contribution in [0.15, 0.2) is 24.3 Å². The Balaban J connectivity index is 1.55. The molecule has 130 valence electrons. The van der Waals surface area contributed by atoms with Crippen LogP contribution in [-0.2, 0) is 4.79 Å². The fraction of sp³-hybridized carbons (Fsp3) is 0.588. The van der Waals surface area contributed by atoms with Crippen molar-refractivity contribution < 1.29 is 9.72 Å². The summed E-state index contributed by atoms with van der Waals surface area (Å²) in [5.41, 5.74) is 1.11. The Labute approximate surface area is 142 Å². The van der Waals surface area contributed by atoms with Gasteiger partial charge in [0.25, 0.3) is 5.69 Å². The van der Waals surface area contributed by atoms with Gasteiger partial charge in [0.15, 0.2) is 0 Å². The van der Waals surface area contributed by atoms with Gasteiger partial charge >= 0.3 is 0 Å². The van der Waals surface area contributed by atoms with Crippen LogP contribution in [0.25, 0.3) is 0 Å². The molecule has 0 aromatic heterocycles. The molecule has 1 aromatic carbocycles. The molecule has 0 radical (unpaired) electrons. The molecule has 0 saturated carbocycles. The van der Waals surface area contributed by atoms with Gasteiger partial charge in [-0.2, -0.15) is 0 Å². The minimum Gasteiger partial charge on any atom is -0.369 e. The number of amides is 1. The number of rotatable bonds is 4. The first-order valence-electron chi connectivity index (χ1n) is 8.58. The zero-order valence-electron chi connectivity index (χ0n) is 14.1. The number of nitro groups is 1. The third kappa shape index (κ3) is 3.51. The van der Waals surface area contributed by atoms with Gasteiger partial charge in [0.2, 0.25) is 5.91 Å². The molecule has 0 N–H and O–H groups in total. The zero-order valence-corrected chi connectivity index (χ0v) is 14.1. The maximum absolute atomic E-state index is 12.5. The molecule has 0 bridgehead atoms. The number of piperazine rings is 1. The van der Waals surface area contributed by atoms with E-state index in [9.17, 15) is 14.9 Å². The van der Waals surface area contributed by atoms with Crippen LogP contribution in [0.1, 0.15) is 19.8 Å². The van der Waals surface area contributed by atoms with Crippen LogP contribution < -0.4 is 4.90 Å². The number of likely N-dealkylation sites (tertiary alicyclic amines) is 1. The highest BCUT2D eigenvalue weighted by molar-refractivity contribution is 5.81. The molecule has 0 unspecified atom stereocenters. The zero-order chi connectivity index (χ0) is 17.1. The van der Waals surface area contributed by atoms with Crippen LogP contribution in [0.2, 0.25) is 0 Å². The number of benzene rings is 1.